The first-order valence-corrected chi connectivity index (χ1v) is 6.95. The van der Waals surface area contributed by atoms with Gasteiger partial charge < -0.3 is 19.3 Å². The Morgan fingerprint density at radius 2 is 2.05 bits per heavy atom. The lowest BCUT2D eigenvalue weighted by atomic mass is 10.1. The van der Waals surface area contributed by atoms with Crippen molar-refractivity contribution in [2.75, 3.05) is 13.7 Å². The zero-order chi connectivity index (χ0) is 14.7. The summed E-state index contributed by atoms with van der Waals surface area (Å²) in [5, 5.41) is 9.20. The van der Waals surface area contributed by atoms with E-state index in [1.807, 2.05) is 24.3 Å². The van der Waals surface area contributed by atoms with Crippen molar-refractivity contribution in [2.45, 2.75) is 19.1 Å². The molecule has 1 aliphatic rings. The largest absolute Gasteiger partial charge is 0.493 e. The van der Waals surface area contributed by atoms with Gasteiger partial charge in [-0.05, 0) is 29.3 Å². The number of methoxy groups -OCH3 is 1. The molecule has 3 rings (SSSR count). The molecule has 0 fully saturated rings. The Bertz CT molecular complexity index is 599. The summed E-state index contributed by atoms with van der Waals surface area (Å²) in [5.41, 5.74) is 2.00. The minimum Gasteiger partial charge on any atom is -0.493 e. The second-order valence-electron chi connectivity index (χ2n) is 5.01. The van der Waals surface area contributed by atoms with E-state index in [9.17, 15) is 5.11 Å². The zero-order valence-corrected chi connectivity index (χ0v) is 11.9. The molecule has 1 heterocycles. The van der Waals surface area contributed by atoms with Crippen LogP contribution in [0.2, 0.25) is 0 Å². The molecule has 4 nitrogen and oxygen atoms in total. The van der Waals surface area contributed by atoms with Crippen LogP contribution in [0.1, 0.15) is 11.1 Å². The van der Waals surface area contributed by atoms with Crippen molar-refractivity contribution in [3.8, 4) is 17.2 Å². The average molecular weight is 286 g/mol. The number of aliphatic hydroxyl groups is 1. The van der Waals surface area contributed by atoms with Gasteiger partial charge in [0.05, 0.1) is 13.7 Å². The number of fused-ring (bicyclic) bond motifs is 1. The second-order valence-corrected chi connectivity index (χ2v) is 5.01. The summed E-state index contributed by atoms with van der Waals surface area (Å²) >= 11 is 0. The van der Waals surface area contributed by atoms with E-state index in [4.69, 9.17) is 14.2 Å². The van der Waals surface area contributed by atoms with Crippen molar-refractivity contribution in [2.24, 2.45) is 0 Å². The highest BCUT2D eigenvalue weighted by atomic mass is 16.5. The number of aliphatic hydroxyl groups excluding tert-OH is 1. The Morgan fingerprint density at radius 3 is 2.81 bits per heavy atom. The fourth-order valence-electron chi connectivity index (χ4n) is 2.46. The van der Waals surface area contributed by atoms with Crippen LogP contribution < -0.4 is 14.2 Å². The highest BCUT2D eigenvalue weighted by Crippen LogP contribution is 2.31. The topological polar surface area (TPSA) is 47.9 Å². The molecule has 1 atom stereocenters. The molecule has 1 unspecified atom stereocenters. The quantitative estimate of drug-likeness (QED) is 0.917. The van der Waals surface area contributed by atoms with Crippen LogP contribution in [0.25, 0.3) is 0 Å². The average Bonchev–Trinajstić information content (AvgIpc) is 2.95. The molecule has 0 saturated heterocycles. The Morgan fingerprint density at radius 1 is 1.19 bits per heavy atom. The van der Waals surface area contributed by atoms with Gasteiger partial charge in [0.2, 0.25) is 0 Å². The van der Waals surface area contributed by atoms with Gasteiger partial charge in [-0.25, -0.2) is 0 Å². The van der Waals surface area contributed by atoms with Gasteiger partial charge in [-0.3, -0.25) is 0 Å². The Kier molecular flexibility index (Phi) is 3.97. The molecule has 4 heteroatoms. The van der Waals surface area contributed by atoms with E-state index in [0.717, 1.165) is 17.7 Å². The number of para-hydroxylation sites is 1. The molecule has 0 radical (unpaired) electrons. The van der Waals surface area contributed by atoms with Gasteiger partial charge in [-0.1, -0.05) is 24.3 Å². The van der Waals surface area contributed by atoms with E-state index >= 15 is 0 Å². The van der Waals surface area contributed by atoms with Crippen LogP contribution in [0.3, 0.4) is 0 Å². The van der Waals surface area contributed by atoms with Gasteiger partial charge in [0, 0.05) is 6.42 Å². The molecule has 0 aromatic heterocycles. The molecule has 1 aliphatic heterocycles. The number of hydrogen-bond donors (Lipinski definition) is 1. The molecule has 1 N–H and O–H groups in total. The van der Waals surface area contributed by atoms with Crippen molar-refractivity contribution in [3.05, 3.63) is 53.6 Å². The summed E-state index contributed by atoms with van der Waals surface area (Å²) in [6.07, 6.45) is 0.850. The minimum atomic E-state index is -0.0221. The molecule has 0 bridgehead atoms. The fourth-order valence-corrected chi connectivity index (χ4v) is 2.46. The van der Waals surface area contributed by atoms with Crippen LogP contribution in [-0.2, 0) is 13.0 Å². The summed E-state index contributed by atoms with van der Waals surface area (Å²) in [5.74, 6) is 2.22. The van der Waals surface area contributed by atoms with E-state index in [1.54, 1.807) is 19.2 Å². The number of rotatable bonds is 5. The van der Waals surface area contributed by atoms with E-state index in [0.29, 0.717) is 18.1 Å². The first kappa shape index (κ1) is 13.8. The van der Waals surface area contributed by atoms with Crippen molar-refractivity contribution >= 4 is 0 Å². The molecule has 2 aromatic rings. The molecular formula is C17H18O4. The predicted molar refractivity (Wildman–Crippen MR) is 79.0 cm³/mol. The van der Waals surface area contributed by atoms with Crippen LogP contribution >= 0.6 is 0 Å². The molecule has 0 saturated carbocycles. The van der Waals surface area contributed by atoms with Gasteiger partial charge in [-0.2, -0.15) is 0 Å². The van der Waals surface area contributed by atoms with E-state index in [1.165, 1.54) is 5.56 Å². The lowest BCUT2D eigenvalue weighted by Gasteiger charge is -2.15. The first-order valence-electron chi connectivity index (χ1n) is 6.95. The third kappa shape index (κ3) is 2.95. The Balaban J connectivity index is 1.66. The third-order valence-electron chi connectivity index (χ3n) is 3.55. The van der Waals surface area contributed by atoms with Gasteiger partial charge in [0.1, 0.15) is 18.5 Å². The molecule has 110 valence electrons. The predicted octanol–water partition coefficient (Wildman–Crippen LogP) is 2.57. The standard InChI is InChI=1S/C17H18O4/c1-19-16-7-6-12(10-18)8-17(16)20-11-14-9-13-4-2-3-5-15(13)21-14/h2-8,14,18H,9-11H2,1H3. The van der Waals surface area contributed by atoms with Gasteiger partial charge in [0.25, 0.3) is 0 Å². The minimum absolute atomic E-state index is 0.00453. The lowest BCUT2D eigenvalue weighted by molar-refractivity contribution is 0.145. The van der Waals surface area contributed by atoms with Crippen LogP contribution in [0, 0.1) is 0 Å². The highest BCUT2D eigenvalue weighted by Gasteiger charge is 2.23. The van der Waals surface area contributed by atoms with E-state index in [2.05, 4.69) is 6.07 Å². The molecule has 0 spiro atoms. The molecule has 0 aliphatic carbocycles. The smallest absolute Gasteiger partial charge is 0.161 e. The number of benzene rings is 2. The summed E-state index contributed by atoms with van der Waals surface area (Å²) in [7, 11) is 1.60. The van der Waals surface area contributed by atoms with Crippen LogP contribution in [0.5, 0.6) is 17.2 Å². The molecule has 21 heavy (non-hydrogen) atoms. The van der Waals surface area contributed by atoms with Crippen molar-refractivity contribution < 1.29 is 19.3 Å². The van der Waals surface area contributed by atoms with Crippen LogP contribution in [0.4, 0.5) is 0 Å². The van der Waals surface area contributed by atoms with E-state index < -0.39 is 0 Å². The zero-order valence-electron chi connectivity index (χ0n) is 11.9. The molecule has 2 aromatic carbocycles. The van der Waals surface area contributed by atoms with Gasteiger partial charge in [-0.15, -0.1) is 0 Å². The number of hydrogen-bond acceptors (Lipinski definition) is 4. The Labute approximate surface area is 123 Å². The van der Waals surface area contributed by atoms with E-state index in [-0.39, 0.29) is 12.7 Å². The van der Waals surface area contributed by atoms with Crippen molar-refractivity contribution in [1.82, 2.24) is 0 Å². The SMILES string of the molecule is COc1ccc(CO)cc1OCC1Cc2ccccc2O1. The monoisotopic (exact) mass is 286 g/mol. The second kappa shape index (κ2) is 6.06. The van der Waals surface area contributed by atoms with Gasteiger partial charge >= 0.3 is 0 Å². The van der Waals surface area contributed by atoms with Crippen molar-refractivity contribution in [1.29, 1.82) is 0 Å². The first-order chi connectivity index (χ1) is 10.3. The van der Waals surface area contributed by atoms with Crippen LogP contribution in [-0.4, -0.2) is 24.9 Å². The Hall–Kier alpha value is -2.20. The summed E-state index contributed by atoms with van der Waals surface area (Å²) < 4.78 is 16.9. The highest BCUT2D eigenvalue weighted by molar-refractivity contribution is 5.43. The summed E-state index contributed by atoms with van der Waals surface area (Å²) in [6, 6.07) is 13.4. The molecule has 0 amide bonds. The lowest BCUT2D eigenvalue weighted by Crippen LogP contribution is -2.22. The van der Waals surface area contributed by atoms with Crippen LogP contribution in [0.15, 0.2) is 42.5 Å². The maximum atomic E-state index is 9.20. The number of ether oxygens (including phenoxy) is 3. The maximum Gasteiger partial charge on any atom is 0.161 e. The third-order valence-corrected chi connectivity index (χ3v) is 3.55. The van der Waals surface area contributed by atoms with Crippen molar-refractivity contribution in [3.63, 3.8) is 0 Å². The normalized spacial score (nSPS) is 16.2. The molecular weight excluding hydrogens is 268 g/mol. The maximum absolute atomic E-state index is 9.20. The fraction of sp³-hybridized carbons (Fsp3) is 0.294. The van der Waals surface area contributed by atoms with Gasteiger partial charge in [0.15, 0.2) is 11.5 Å². The summed E-state index contributed by atoms with van der Waals surface area (Å²) in [6.45, 7) is 0.422. The summed E-state index contributed by atoms with van der Waals surface area (Å²) in [4.78, 5) is 0.